The Kier molecular flexibility index (Phi) is 6.69. The second-order valence-corrected chi connectivity index (χ2v) is 9.49. The van der Waals surface area contributed by atoms with Gasteiger partial charge in [-0.25, -0.2) is 14.2 Å². The van der Waals surface area contributed by atoms with Crippen LogP contribution in [0, 0.1) is 12.7 Å². The van der Waals surface area contributed by atoms with Gasteiger partial charge >= 0.3 is 12.1 Å². The van der Waals surface area contributed by atoms with Gasteiger partial charge in [-0.3, -0.25) is 0 Å². The Morgan fingerprint density at radius 3 is 2.23 bits per heavy atom. The Labute approximate surface area is 223 Å². The molecule has 0 bridgehead atoms. The topological polar surface area (TPSA) is 77.2 Å². The van der Waals surface area contributed by atoms with Crippen molar-refractivity contribution in [3.8, 4) is 43.7 Å². The summed E-state index contributed by atoms with van der Waals surface area (Å²) in [6, 6.07) is 17.1. The molecule has 0 saturated heterocycles. The molecule has 0 aliphatic carbocycles. The molecule has 39 heavy (non-hydrogen) atoms. The normalized spacial score (nSPS) is 11.5. The molecule has 3 aromatic carbocycles. The average Bonchev–Trinajstić information content (AvgIpc) is 3.50. The second kappa shape index (κ2) is 9.99. The van der Waals surface area contributed by atoms with Crippen LogP contribution in [0.3, 0.4) is 0 Å². The van der Waals surface area contributed by atoms with E-state index in [-0.39, 0.29) is 16.4 Å². The van der Waals surface area contributed by atoms with E-state index in [2.05, 4.69) is 10.1 Å². The number of hydrogen-bond donors (Lipinski definition) is 1. The minimum absolute atomic E-state index is 0.180. The van der Waals surface area contributed by atoms with Gasteiger partial charge in [0, 0.05) is 11.1 Å². The fourth-order valence-corrected chi connectivity index (χ4v) is 5.26. The molecule has 198 valence electrons. The van der Waals surface area contributed by atoms with Gasteiger partial charge in [0.2, 0.25) is 5.13 Å². The van der Waals surface area contributed by atoms with E-state index in [1.54, 1.807) is 37.3 Å². The molecule has 2 aromatic heterocycles. The second-order valence-electron chi connectivity index (χ2n) is 8.51. The standard InChI is InChI=1S/C28H19F4N3O3S/c1-15-22(18-4-3-5-20(29)14-18)24(26(36)37)35(34-15)27-33-23(16-8-12-21(38-2)13-9-16)25(39-27)17-6-10-19(11-7-17)28(30,31)32/h3-14H,1-2H3,(H,36,37). The molecular weight excluding hydrogens is 534 g/mol. The molecule has 0 fully saturated rings. The van der Waals surface area contributed by atoms with Gasteiger partial charge in [-0.15, -0.1) is 0 Å². The van der Waals surface area contributed by atoms with Crippen molar-refractivity contribution >= 4 is 17.3 Å². The van der Waals surface area contributed by atoms with Crippen LogP contribution in [0.25, 0.3) is 38.0 Å². The SMILES string of the molecule is COc1ccc(-c2nc(-n3nc(C)c(-c4cccc(F)c4)c3C(=O)O)sc2-c2ccc(C(F)(F)F)cc2)cc1. The number of carbonyl (C=O) groups is 1. The molecule has 0 aliphatic rings. The Morgan fingerprint density at radius 2 is 1.64 bits per heavy atom. The Balaban J connectivity index is 1.71. The highest BCUT2D eigenvalue weighted by molar-refractivity contribution is 7.18. The number of aromatic nitrogens is 3. The number of ether oxygens (including phenoxy) is 1. The molecule has 0 spiro atoms. The van der Waals surface area contributed by atoms with E-state index in [0.29, 0.717) is 38.7 Å². The van der Waals surface area contributed by atoms with Gasteiger partial charge in [0.25, 0.3) is 0 Å². The van der Waals surface area contributed by atoms with E-state index in [1.165, 1.54) is 42.1 Å². The monoisotopic (exact) mass is 553 g/mol. The smallest absolute Gasteiger partial charge is 0.416 e. The Hall–Kier alpha value is -4.51. The third-order valence-electron chi connectivity index (χ3n) is 6.01. The predicted molar refractivity (Wildman–Crippen MR) is 139 cm³/mol. The minimum atomic E-state index is -4.49. The van der Waals surface area contributed by atoms with E-state index in [9.17, 15) is 27.5 Å². The van der Waals surface area contributed by atoms with Crippen LogP contribution in [-0.2, 0) is 6.18 Å². The molecule has 5 aromatic rings. The molecule has 0 amide bonds. The summed E-state index contributed by atoms with van der Waals surface area (Å²) in [6.07, 6.45) is -4.49. The van der Waals surface area contributed by atoms with Crippen molar-refractivity contribution in [2.24, 2.45) is 0 Å². The van der Waals surface area contributed by atoms with Crippen LogP contribution in [0.1, 0.15) is 21.7 Å². The lowest BCUT2D eigenvalue weighted by atomic mass is 10.0. The summed E-state index contributed by atoms with van der Waals surface area (Å²) in [5, 5.41) is 14.7. The highest BCUT2D eigenvalue weighted by Gasteiger charge is 2.31. The van der Waals surface area contributed by atoms with Crippen molar-refractivity contribution in [2.75, 3.05) is 7.11 Å². The zero-order valence-corrected chi connectivity index (χ0v) is 21.3. The summed E-state index contributed by atoms with van der Waals surface area (Å²) in [5.74, 6) is -1.23. The minimum Gasteiger partial charge on any atom is -0.497 e. The summed E-state index contributed by atoms with van der Waals surface area (Å²) in [5.41, 5.74) is 1.43. The summed E-state index contributed by atoms with van der Waals surface area (Å²) < 4.78 is 59.9. The van der Waals surface area contributed by atoms with Gasteiger partial charge in [-0.1, -0.05) is 35.6 Å². The first-order valence-corrected chi connectivity index (χ1v) is 12.3. The molecule has 1 N–H and O–H groups in total. The van der Waals surface area contributed by atoms with Gasteiger partial charge in [-0.05, 0) is 66.6 Å². The quantitative estimate of drug-likeness (QED) is 0.220. The van der Waals surface area contributed by atoms with E-state index in [1.807, 2.05) is 0 Å². The van der Waals surface area contributed by atoms with Crippen molar-refractivity contribution in [3.63, 3.8) is 0 Å². The van der Waals surface area contributed by atoms with Gasteiger partial charge in [-0.2, -0.15) is 23.0 Å². The van der Waals surface area contributed by atoms with Crippen molar-refractivity contribution in [3.05, 3.63) is 95.6 Å². The number of thiazole rings is 1. The highest BCUT2D eigenvalue weighted by atomic mass is 32.1. The van der Waals surface area contributed by atoms with Gasteiger partial charge in [0.15, 0.2) is 5.69 Å². The number of hydrogen-bond acceptors (Lipinski definition) is 5. The number of carboxylic acids is 1. The molecule has 11 heteroatoms. The van der Waals surface area contributed by atoms with Crippen LogP contribution in [0.2, 0.25) is 0 Å². The number of carboxylic acid groups (broad SMARTS) is 1. The van der Waals surface area contributed by atoms with E-state index in [0.717, 1.165) is 23.5 Å². The Morgan fingerprint density at radius 1 is 0.974 bits per heavy atom. The lowest BCUT2D eigenvalue weighted by molar-refractivity contribution is -0.137. The fourth-order valence-electron chi connectivity index (χ4n) is 4.20. The third-order valence-corrected chi connectivity index (χ3v) is 7.09. The van der Waals surface area contributed by atoms with Gasteiger partial charge in [0.05, 0.1) is 28.9 Å². The lowest BCUT2D eigenvalue weighted by Crippen LogP contribution is -2.09. The number of benzene rings is 3. The maximum absolute atomic E-state index is 14.0. The molecule has 0 atom stereocenters. The maximum atomic E-state index is 14.0. The number of halogens is 4. The van der Waals surface area contributed by atoms with Crippen LogP contribution < -0.4 is 4.74 Å². The van der Waals surface area contributed by atoms with Gasteiger partial charge in [0.1, 0.15) is 11.6 Å². The maximum Gasteiger partial charge on any atom is 0.416 e. The largest absolute Gasteiger partial charge is 0.497 e. The molecule has 2 heterocycles. The van der Waals surface area contributed by atoms with Crippen molar-refractivity contribution in [1.82, 2.24) is 14.8 Å². The molecule has 0 radical (unpaired) electrons. The average molecular weight is 554 g/mol. The molecule has 0 saturated carbocycles. The van der Waals surface area contributed by atoms with Crippen LogP contribution in [-0.4, -0.2) is 33.0 Å². The number of methoxy groups -OCH3 is 1. The van der Waals surface area contributed by atoms with Crippen LogP contribution in [0.15, 0.2) is 72.8 Å². The summed E-state index contributed by atoms with van der Waals surface area (Å²) in [4.78, 5) is 17.6. The van der Waals surface area contributed by atoms with Gasteiger partial charge < -0.3 is 9.84 Å². The number of aryl methyl sites for hydroxylation is 1. The number of alkyl halides is 3. The van der Waals surface area contributed by atoms with Crippen LogP contribution in [0.5, 0.6) is 5.75 Å². The van der Waals surface area contributed by atoms with E-state index >= 15 is 0 Å². The van der Waals surface area contributed by atoms with E-state index < -0.39 is 23.5 Å². The summed E-state index contributed by atoms with van der Waals surface area (Å²) >= 11 is 1.08. The summed E-state index contributed by atoms with van der Waals surface area (Å²) in [7, 11) is 1.52. The first-order valence-electron chi connectivity index (χ1n) is 11.5. The van der Waals surface area contributed by atoms with Crippen molar-refractivity contribution in [2.45, 2.75) is 13.1 Å². The molecule has 5 rings (SSSR count). The predicted octanol–water partition coefficient (Wildman–Crippen LogP) is 7.50. The Bertz CT molecular complexity index is 1670. The van der Waals surface area contributed by atoms with Crippen molar-refractivity contribution in [1.29, 1.82) is 0 Å². The molecule has 0 unspecified atom stereocenters. The number of rotatable bonds is 6. The first kappa shape index (κ1) is 26.1. The number of aromatic carboxylic acids is 1. The molecular formula is C28H19F4N3O3S. The first-order chi connectivity index (χ1) is 18.6. The fraction of sp³-hybridized carbons (Fsp3) is 0.107. The molecule has 6 nitrogen and oxygen atoms in total. The number of nitrogens with zero attached hydrogens (tertiary/aromatic N) is 3. The van der Waals surface area contributed by atoms with E-state index in [4.69, 9.17) is 4.74 Å². The third kappa shape index (κ3) is 5.00. The van der Waals surface area contributed by atoms with Crippen LogP contribution >= 0.6 is 11.3 Å². The molecule has 0 aliphatic heterocycles. The highest BCUT2D eigenvalue weighted by Crippen LogP contribution is 2.41. The van der Waals surface area contributed by atoms with Crippen molar-refractivity contribution < 1.29 is 32.2 Å². The zero-order valence-electron chi connectivity index (χ0n) is 20.5. The summed E-state index contributed by atoms with van der Waals surface area (Å²) in [6.45, 7) is 1.61. The zero-order chi connectivity index (χ0) is 27.9. The lowest BCUT2D eigenvalue weighted by Gasteiger charge is -2.08. The van der Waals surface area contributed by atoms with Crippen LogP contribution in [0.4, 0.5) is 17.6 Å².